The maximum absolute atomic E-state index is 13.8. The smallest absolute Gasteiger partial charge is 0.471 e. The summed E-state index contributed by atoms with van der Waals surface area (Å²) < 4.78 is 111. The summed E-state index contributed by atoms with van der Waals surface area (Å²) in [6, 6.07) is 6.26. The molecule has 0 radical (unpaired) electrons. The van der Waals surface area contributed by atoms with Crippen molar-refractivity contribution in [2.75, 3.05) is 38.2 Å². The number of halogens is 6. The molecule has 2 aromatic carbocycles. The van der Waals surface area contributed by atoms with Gasteiger partial charge in [0.25, 0.3) is 16.4 Å². The first-order valence-corrected chi connectivity index (χ1v) is 11.8. The van der Waals surface area contributed by atoms with Crippen LogP contribution in [0.1, 0.15) is 12.1 Å². The number of hydrogen-bond acceptors (Lipinski definition) is 6. The molecule has 1 fully saturated rings. The van der Waals surface area contributed by atoms with Gasteiger partial charge in [-0.3, -0.25) is 4.79 Å². The lowest BCUT2D eigenvalue weighted by Gasteiger charge is -2.36. The summed E-state index contributed by atoms with van der Waals surface area (Å²) in [5, 5.41) is 3.29. The van der Waals surface area contributed by atoms with Crippen molar-refractivity contribution in [2.24, 2.45) is 0 Å². The molecular weight excluding hydrogens is 518 g/mol. The molecule has 0 aliphatic carbocycles. The molecule has 1 saturated heterocycles. The maximum Gasteiger partial charge on any atom is 0.471 e. The van der Waals surface area contributed by atoms with Gasteiger partial charge in [0.2, 0.25) is 0 Å². The number of aromatic nitrogens is 2. The van der Waals surface area contributed by atoms with Crippen molar-refractivity contribution in [1.82, 2.24) is 14.1 Å². The number of benzene rings is 2. The zero-order chi connectivity index (χ0) is 26.4. The summed E-state index contributed by atoms with van der Waals surface area (Å²) in [7, 11) is -3.31. The van der Waals surface area contributed by atoms with Gasteiger partial charge in [-0.15, -0.1) is 0 Å². The molecule has 2 heterocycles. The molecule has 3 aromatic rings. The maximum atomic E-state index is 13.8. The number of ether oxygens (including phenoxy) is 1. The van der Waals surface area contributed by atoms with Crippen LogP contribution >= 0.6 is 0 Å². The normalized spacial score (nSPS) is 15.1. The van der Waals surface area contributed by atoms with Gasteiger partial charge in [-0.25, -0.2) is 13.2 Å². The van der Waals surface area contributed by atoms with Crippen molar-refractivity contribution in [2.45, 2.75) is 17.5 Å². The van der Waals surface area contributed by atoms with Gasteiger partial charge in [-0.1, -0.05) is 0 Å². The third kappa shape index (κ3) is 4.54. The lowest BCUT2D eigenvalue weighted by Crippen LogP contribution is -2.52. The Bertz CT molecular complexity index is 1420. The summed E-state index contributed by atoms with van der Waals surface area (Å²) in [6.45, 7) is -0.682. The Morgan fingerprint density at radius 2 is 1.72 bits per heavy atom. The number of nitrogens with zero attached hydrogens (tertiary/aromatic N) is 4. The molecule has 1 aromatic heterocycles. The van der Waals surface area contributed by atoms with Gasteiger partial charge in [0.15, 0.2) is 0 Å². The van der Waals surface area contributed by atoms with E-state index in [0.717, 1.165) is 30.3 Å². The number of carbonyl (C=O) groups excluding carboxylic acids is 1. The number of hydrogen-bond donors (Lipinski definition) is 0. The fourth-order valence-electron chi connectivity index (χ4n) is 3.94. The van der Waals surface area contributed by atoms with Crippen molar-refractivity contribution in [3.05, 3.63) is 47.9 Å². The Morgan fingerprint density at radius 1 is 1.06 bits per heavy atom. The van der Waals surface area contributed by atoms with Crippen LogP contribution in [-0.2, 0) is 14.8 Å². The van der Waals surface area contributed by atoms with Crippen molar-refractivity contribution < 1.29 is 44.3 Å². The topological polar surface area (TPSA) is 84.7 Å². The van der Waals surface area contributed by atoms with Gasteiger partial charge in [0.05, 0.1) is 23.2 Å². The fraction of sp³-hybridized carbons (Fsp3) is 0.333. The predicted molar refractivity (Wildman–Crippen MR) is 115 cm³/mol. The standard InChI is InChI=1S/C21H18F6N4O4S/c1-35-17-5-3-13(11-16(17)29-6-8-30(9-7-29)20(32)21(25,26)27)36(33,34)31-15-10-12(22)2-4-14(15)18(28-31)19(23)24/h2-5,10-11,19H,6-9H2,1H3. The van der Waals surface area contributed by atoms with Gasteiger partial charge in [0, 0.05) is 37.6 Å². The first kappa shape index (κ1) is 25.6. The second kappa shape index (κ2) is 9.19. The van der Waals surface area contributed by atoms with Gasteiger partial charge in [-0.05, 0) is 30.3 Å². The van der Waals surface area contributed by atoms with Crippen molar-refractivity contribution >= 4 is 32.5 Å². The highest BCUT2D eigenvalue weighted by Crippen LogP contribution is 2.35. The lowest BCUT2D eigenvalue weighted by molar-refractivity contribution is -0.185. The van der Waals surface area contributed by atoms with Crippen molar-refractivity contribution in [1.29, 1.82) is 0 Å². The van der Waals surface area contributed by atoms with Gasteiger partial charge < -0.3 is 14.5 Å². The third-order valence-electron chi connectivity index (χ3n) is 5.67. The summed E-state index contributed by atoms with van der Waals surface area (Å²) in [5.41, 5.74) is -1.04. The van der Waals surface area contributed by atoms with E-state index in [1.807, 2.05) is 0 Å². The van der Waals surface area contributed by atoms with Gasteiger partial charge in [-0.2, -0.15) is 30.8 Å². The Balaban J connectivity index is 1.72. The van der Waals surface area contributed by atoms with Crippen LogP contribution in [0, 0.1) is 5.82 Å². The summed E-state index contributed by atoms with van der Waals surface area (Å²) in [5.74, 6) is -2.64. The fourth-order valence-corrected chi connectivity index (χ4v) is 5.24. The van der Waals surface area contributed by atoms with Crippen LogP contribution in [0.25, 0.3) is 10.9 Å². The molecule has 0 atom stereocenters. The number of alkyl halides is 5. The molecule has 1 amide bonds. The van der Waals surface area contributed by atoms with Gasteiger partial charge in [0.1, 0.15) is 17.3 Å². The number of carbonyl (C=O) groups is 1. The highest BCUT2D eigenvalue weighted by atomic mass is 32.2. The summed E-state index contributed by atoms with van der Waals surface area (Å²) in [4.78, 5) is 13.3. The SMILES string of the molecule is COc1ccc(S(=O)(=O)n2nc(C(F)F)c3ccc(F)cc32)cc1N1CCN(C(=O)C(F)(F)F)CC1. The van der Waals surface area contributed by atoms with Crippen LogP contribution < -0.4 is 9.64 Å². The zero-order valence-corrected chi connectivity index (χ0v) is 19.3. The zero-order valence-electron chi connectivity index (χ0n) is 18.5. The number of methoxy groups -OCH3 is 1. The Morgan fingerprint density at radius 3 is 2.31 bits per heavy atom. The van der Waals surface area contributed by atoms with E-state index in [0.29, 0.717) is 8.99 Å². The molecule has 4 rings (SSSR count). The van der Waals surface area contributed by atoms with Crippen LogP contribution in [-0.4, -0.2) is 67.9 Å². The van der Waals surface area contributed by atoms with E-state index in [1.165, 1.54) is 18.1 Å². The van der Waals surface area contributed by atoms with Crippen LogP contribution in [0.5, 0.6) is 5.75 Å². The summed E-state index contributed by atoms with van der Waals surface area (Å²) >= 11 is 0. The molecule has 1 aliphatic rings. The third-order valence-corrected chi connectivity index (χ3v) is 7.26. The molecule has 1 aliphatic heterocycles. The second-order valence-corrected chi connectivity index (χ2v) is 9.57. The van der Waals surface area contributed by atoms with E-state index in [4.69, 9.17) is 4.74 Å². The molecule has 0 N–H and O–H groups in total. The number of amides is 1. The Labute approximate surface area is 200 Å². The molecule has 0 spiro atoms. The number of piperazine rings is 1. The van der Waals surface area contributed by atoms with Crippen molar-refractivity contribution in [3.8, 4) is 5.75 Å². The lowest BCUT2D eigenvalue weighted by atomic mass is 10.2. The quantitative estimate of drug-likeness (QED) is 0.464. The summed E-state index contributed by atoms with van der Waals surface area (Å²) in [6.07, 6.45) is -8.15. The Kier molecular flexibility index (Phi) is 6.53. The highest BCUT2D eigenvalue weighted by Gasteiger charge is 2.43. The highest BCUT2D eigenvalue weighted by molar-refractivity contribution is 7.90. The van der Waals surface area contributed by atoms with E-state index in [1.54, 1.807) is 0 Å². The van der Waals surface area contributed by atoms with Crippen LogP contribution in [0.3, 0.4) is 0 Å². The average molecular weight is 536 g/mol. The van der Waals surface area contributed by atoms with Crippen LogP contribution in [0.2, 0.25) is 0 Å². The largest absolute Gasteiger partial charge is 0.495 e. The van der Waals surface area contributed by atoms with E-state index in [2.05, 4.69) is 5.10 Å². The van der Waals surface area contributed by atoms with E-state index in [9.17, 15) is 39.6 Å². The molecule has 0 bridgehead atoms. The molecule has 36 heavy (non-hydrogen) atoms. The number of anilines is 1. The van der Waals surface area contributed by atoms with E-state index >= 15 is 0 Å². The predicted octanol–water partition coefficient (Wildman–Crippen LogP) is 3.57. The molecular formula is C21H18F6N4O4S. The molecule has 0 saturated carbocycles. The van der Waals surface area contributed by atoms with Crippen LogP contribution in [0.15, 0.2) is 41.3 Å². The average Bonchev–Trinajstić information content (AvgIpc) is 3.22. The van der Waals surface area contributed by atoms with Crippen molar-refractivity contribution in [3.63, 3.8) is 0 Å². The molecule has 8 nitrogen and oxygen atoms in total. The molecule has 0 unspecified atom stereocenters. The Hall–Kier alpha value is -3.49. The van der Waals surface area contributed by atoms with E-state index < -0.39 is 44.9 Å². The molecule has 15 heteroatoms. The molecule has 194 valence electrons. The second-order valence-electron chi connectivity index (χ2n) is 7.81. The minimum atomic E-state index is -5.02. The minimum absolute atomic E-state index is 0.0624. The van der Waals surface area contributed by atoms with E-state index in [-0.39, 0.29) is 48.5 Å². The monoisotopic (exact) mass is 536 g/mol. The number of fused-ring (bicyclic) bond motifs is 1. The first-order chi connectivity index (χ1) is 16.8. The minimum Gasteiger partial charge on any atom is -0.495 e. The van der Waals surface area contributed by atoms with Gasteiger partial charge >= 0.3 is 12.1 Å². The number of rotatable bonds is 5. The first-order valence-electron chi connectivity index (χ1n) is 10.4. The van der Waals surface area contributed by atoms with Crippen LogP contribution in [0.4, 0.5) is 32.0 Å².